The molecule has 1 fully saturated rings. The van der Waals surface area contributed by atoms with Gasteiger partial charge in [-0.15, -0.1) is 0 Å². The first-order valence-corrected chi connectivity index (χ1v) is 6.68. The molecular formula is C15H16N4. The molecule has 0 unspecified atom stereocenters. The van der Waals surface area contributed by atoms with E-state index in [0.29, 0.717) is 6.04 Å². The number of aromatic nitrogens is 3. The number of benzene rings is 1. The molecule has 4 heteroatoms. The molecule has 0 spiro atoms. The third-order valence-corrected chi connectivity index (χ3v) is 3.67. The molecule has 4 nitrogen and oxygen atoms in total. The van der Waals surface area contributed by atoms with Gasteiger partial charge < -0.3 is 10.3 Å². The van der Waals surface area contributed by atoms with Crippen LogP contribution in [0.4, 0.5) is 5.82 Å². The Morgan fingerprint density at radius 2 is 2.16 bits per heavy atom. The van der Waals surface area contributed by atoms with E-state index in [2.05, 4.69) is 45.9 Å². The summed E-state index contributed by atoms with van der Waals surface area (Å²) in [5, 5.41) is 9.23. The van der Waals surface area contributed by atoms with Gasteiger partial charge in [0.2, 0.25) is 0 Å². The highest BCUT2D eigenvalue weighted by molar-refractivity contribution is 5.95. The number of anilines is 1. The van der Waals surface area contributed by atoms with Crippen LogP contribution in [0.15, 0.2) is 36.5 Å². The molecular weight excluding hydrogens is 236 g/mol. The number of nitrogens with one attached hydrogen (secondary N) is 2. The zero-order valence-electron chi connectivity index (χ0n) is 10.9. The zero-order valence-corrected chi connectivity index (χ0v) is 10.9. The van der Waals surface area contributed by atoms with Crippen molar-refractivity contribution in [1.29, 1.82) is 0 Å². The molecule has 19 heavy (non-hydrogen) atoms. The van der Waals surface area contributed by atoms with Crippen molar-refractivity contribution in [2.75, 3.05) is 5.32 Å². The average molecular weight is 252 g/mol. The van der Waals surface area contributed by atoms with Crippen molar-refractivity contribution in [3.8, 4) is 11.3 Å². The molecule has 4 rings (SSSR count). The number of fused-ring (bicyclic) bond motifs is 1. The molecule has 2 aromatic heterocycles. The fraction of sp³-hybridized carbons (Fsp3) is 0.267. The van der Waals surface area contributed by atoms with Crippen LogP contribution in [-0.2, 0) is 7.05 Å². The second-order valence-electron chi connectivity index (χ2n) is 5.20. The van der Waals surface area contributed by atoms with Gasteiger partial charge in [-0.3, -0.25) is 4.68 Å². The maximum Gasteiger partial charge on any atom is 0.148 e. The van der Waals surface area contributed by atoms with E-state index in [9.17, 15) is 0 Å². The molecule has 1 aliphatic rings. The second-order valence-corrected chi connectivity index (χ2v) is 5.20. The summed E-state index contributed by atoms with van der Waals surface area (Å²) in [5.74, 6) is 0.977. The molecule has 0 atom stereocenters. The standard InChI is InChI=1S/C15H16N4/c1-19-14(8-15(18-19)17-10-6-7-10)12-9-16-13-5-3-2-4-11(12)13/h2-5,8-10,16H,6-7H2,1H3,(H,17,18). The van der Waals surface area contributed by atoms with Gasteiger partial charge in [-0.05, 0) is 18.9 Å². The molecule has 2 heterocycles. The Balaban J connectivity index is 1.80. The molecule has 1 aliphatic carbocycles. The lowest BCUT2D eigenvalue weighted by Gasteiger charge is -1.98. The summed E-state index contributed by atoms with van der Waals surface area (Å²) in [6.45, 7) is 0. The third-order valence-electron chi connectivity index (χ3n) is 3.67. The number of rotatable bonds is 3. The Morgan fingerprint density at radius 1 is 1.32 bits per heavy atom. The first-order chi connectivity index (χ1) is 9.31. The number of aryl methyl sites for hydroxylation is 1. The van der Waals surface area contributed by atoms with E-state index in [1.165, 1.54) is 23.8 Å². The van der Waals surface area contributed by atoms with E-state index in [1.54, 1.807) is 0 Å². The summed E-state index contributed by atoms with van der Waals surface area (Å²) in [5.41, 5.74) is 3.51. The highest BCUT2D eigenvalue weighted by Gasteiger charge is 2.22. The van der Waals surface area contributed by atoms with Crippen LogP contribution in [0.1, 0.15) is 12.8 Å². The first kappa shape index (κ1) is 10.7. The number of para-hydroxylation sites is 1. The van der Waals surface area contributed by atoms with Crippen LogP contribution in [-0.4, -0.2) is 20.8 Å². The molecule has 0 saturated heterocycles. The lowest BCUT2D eigenvalue weighted by atomic mass is 10.1. The molecule has 0 radical (unpaired) electrons. The summed E-state index contributed by atoms with van der Waals surface area (Å²) in [6.07, 6.45) is 4.58. The van der Waals surface area contributed by atoms with Crippen molar-refractivity contribution < 1.29 is 0 Å². The smallest absolute Gasteiger partial charge is 0.148 e. The topological polar surface area (TPSA) is 45.6 Å². The Morgan fingerprint density at radius 3 is 3.00 bits per heavy atom. The molecule has 2 N–H and O–H groups in total. The molecule has 1 saturated carbocycles. The fourth-order valence-electron chi connectivity index (χ4n) is 2.51. The average Bonchev–Trinajstić information content (AvgIpc) is 3.00. The van der Waals surface area contributed by atoms with Crippen molar-refractivity contribution >= 4 is 16.7 Å². The minimum atomic E-state index is 0.630. The van der Waals surface area contributed by atoms with Crippen molar-refractivity contribution in [3.05, 3.63) is 36.5 Å². The first-order valence-electron chi connectivity index (χ1n) is 6.68. The number of nitrogens with zero attached hydrogens (tertiary/aromatic N) is 2. The molecule has 0 aliphatic heterocycles. The molecule has 0 amide bonds. The Kier molecular flexibility index (Phi) is 2.18. The fourth-order valence-corrected chi connectivity index (χ4v) is 2.51. The third kappa shape index (κ3) is 1.80. The van der Waals surface area contributed by atoms with E-state index in [0.717, 1.165) is 17.0 Å². The maximum absolute atomic E-state index is 4.55. The molecule has 1 aromatic carbocycles. The second kappa shape index (κ2) is 3.88. The summed E-state index contributed by atoms with van der Waals surface area (Å²) in [4.78, 5) is 3.31. The van der Waals surface area contributed by atoms with Gasteiger partial charge in [0.15, 0.2) is 0 Å². The Hall–Kier alpha value is -2.23. The van der Waals surface area contributed by atoms with Gasteiger partial charge in [0.05, 0.1) is 5.69 Å². The van der Waals surface area contributed by atoms with Crippen molar-refractivity contribution in [3.63, 3.8) is 0 Å². The van der Waals surface area contributed by atoms with Gasteiger partial charge in [-0.25, -0.2) is 0 Å². The summed E-state index contributed by atoms with van der Waals surface area (Å²) in [7, 11) is 2.00. The SMILES string of the molecule is Cn1nc(NC2CC2)cc1-c1c[nH]c2ccccc12. The number of hydrogen-bond donors (Lipinski definition) is 2. The maximum atomic E-state index is 4.55. The van der Waals surface area contributed by atoms with Crippen LogP contribution in [0.2, 0.25) is 0 Å². The Labute approximate surface area is 111 Å². The molecule has 0 bridgehead atoms. The van der Waals surface area contributed by atoms with Gasteiger partial charge in [-0.2, -0.15) is 5.10 Å². The minimum absolute atomic E-state index is 0.630. The molecule has 96 valence electrons. The van der Waals surface area contributed by atoms with Crippen LogP contribution < -0.4 is 5.32 Å². The van der Waals surface area contributed by atoms with Gasteiger partial charge >= 0.3 is 0 Å². The van der Waals surface area contributed by atoms with E-state index in [4.69, 9.17) is 0 Å². The van der Waals surface area contributed by atoms with Gasteiger partial charge in [0.25, 0.3) is 0 Å². The van der Waals surface area contributed by atoms with Gasteiger partial charge in [-0.1, -0.05) is 18.2 Å². The minimum Gasteiger partial charge on any atom is -0.366 e. The summed E-state index contributed by atoms with van der Waals surface area (Å²) >= 11 is 0. The van der Waals surface area contributed by atoms with E-state index in [1.807, 2.05) is 17.8 Å². The van der Waals surface area contributed by atoms with Crippen LogP contribution in [0.25, 0.3) is 22.2 Å². The highest BCUT2D eigenvalue weighted by atomic mass is 15.3. The largest absolute Gasteiger partial charge is 0.366 e. The number of hydrogen-bond acceptors (Lipinski definition) is 2. The quantitative estimate of drug-likeness (QED) is 0.752. The Bertz CT molecular complexity index is 734. The number of H-pyrrole nitrogens is 1. The van der Waals surface area contributed by atoms with Crippen LogP contribution in [0.5, 0.6) is 0 Å². The van der Waals surface area contributed by atoms with Gasteiger partial charge in [0, 0.05) is 41.8 Å². The van der Waals surface area contributed by atoms with E-state index >= 15 is 0 Å². The predicted octanol–water partition coefficient (Wildman–Crippen LogP) is 3.14. The zero-order chi connectivity index (χ0) is 12.8. The normalized spacial score (nSPS) is 15.0. The molecule has 3 aromatic rings. The summed E-state index contributed by atoms with van der Waals surface area (Å²) in [6, 6.07) is 11.1. The van der Waals surface area contributed by atoms with Crippen molar-refractivity contribution in [2.24, 2.45) is 7.05 Å². The lowest BCUT2D eigenvalue weighted by molar-refractivity contribution is 0.776. The van der Waals surface area contributed by atoms with E-state index < -0.39 is 0 Å². The predicted molar refractivity (Wildman–Crippen MR) is 77.1 cm³/mol. The van der Waals surface area contributed by atoms with Gasteiger partial charge in [0.1, 0.15) is 5.82 Å². The van der Waals surface area contributed by atoms with Crippen LogP contribution in [0.3, 0.4) is 0 Å². The summed E-state index contributed by atoms with van der Waals surface area (Å²) < 4.78 is 1.94. The monoisotopic (exact) mass is 252 g/mol. The van der Waals surface area contributed by atoms with E-state index in [-0.39, 0.29) is 0 Å². The number of aromatic amines is 1. The van der Waals surface area contributed by atoms with Crippen LogP contribution >= 0.6 is 0 Å². The highest BCUT2D eigenvalue weighted by Crippen LogP contribution is 2.31. The van der Waals surface area contributed by atoms with Crippen molar-refractivity contribution in [2.45, 2.75) is 18.9 Å². The lowest BCUT2D eigenvalue weighted by Crippen LogP contribution is -2.01. The van der Waals surface area contributed by atoms with Crippen molar-refractivity contribution in [1.82, 2.24) is 14.8 Å². The van der Waals surface area contributed by atoms with Crippen LogP contribution in [0, 0.1) is 0 Å².